The molecule has 1 N–H and O–H groups in total. The molecule has 0 fully saturated rings. The van der Waals surface area contributed by atoms with E-state index in [2.05, 4.69) is 5.32 Å². The van der Waals surface area contributed by atoms with Gasteiger partial charge in [0.1, 0.15) is 6.04 Å². The first-order valence-corrected chi connectivity index (χ1v) is 14.0. The fourth-order valence-corrected chi connectivity index (χ4v) is 5.21. The lowest BCUT2D eigenvalue weighted by atomic mass is 10.1. The summed E-state index contributed by atoms with van der Waals surface area (Å²) in [4.78, 5) is 27.5. The second kappa shape index (κ2) is 12.6. The van der Waals surface area contributed by atoms with Gasteiger partial charge in [-0.25, -0.2) is 8.42 Å². The van der Waals surface area contributed by atoms with Crippen molar-refractivity contribution >= 4 is 50.7 Å². The molecule has 0 aromatic heterocycles. The second-order valence-corrected chi connectivity index (χ2v) is 11.5. The molecule has 0 saturated heterocycles. The Labute approximate surface area is 218 Å². The van der Waals surface area contributed by atoms with Crippen molar-refractivity contribution in [3.63, 3.8) is 0 Å². The predicted molar refractivity (Wildman–Crippen MR) is 142 cm³/mol. The number of hydrogen-bond acceptors (Lipinski definition) is 4. The molecule has 0 unspecified atom stereocenters. The van der Waals surface area contributed by atoms with Crippen molar-refractivity contribution in [3.05, 3.63) is 63.6 Å². The minimum atomic E-state index is -3.55. The number of amides is 2. The van der Waals surface area contributed by atoms with Crippen LogP contribution in [0.5, 0.6) is 0 Å². The molecule has 0 saturated carbocycles. The van der Waals surface area contributed by atoms with E-state index in [0.29, 0.717) is 21.3 Å². The summed E-state index contributed by atoms with van der Waals surface area (Å²) in [5.74, 6) is -0.597. The number of anilines is 1. The summed E-state index contributed by atoms with van der Waals surface area (Å²) in [6.07, 6.45) is 1.45. The topological polar surface area (TPSA) is 86.8 Å². The summed E-state index contributed by atoms with van der Waals surface area (Å²) >= 11 is 12.7. The Morgan fingerprint density at radius 1 is 1.00 bits per heavy atom. The number of aryl methyl sites for hydroxylation is 1. The van der Waals surface area contributed by atoms with Gasteiger partial charge in [-0.3, -0.25) is 13.9 Å². The summed E-state index contributed by atoms with van der Waals surface area (Å²) in [6, 6.07) is 11.4. The summed E-state index contributed by atoms with van der Waals surface area (Å²) in [6.45, 7) is 7.35. The van der Waals surface area contributed by atoms with E-state index in [1.807, 2.05) is 32.9 Å². The third kappa shape index (κ3) is 8.12. The van der Waals surface area contributed by atoms with E-state index >= 15 is 0 Å². The van der Waals surface area contributed by atoms with Crippen LogP contribution in [0.15, 0.2) is 42.5 Å². The number of hydrogen-bond donors (Lipinski definition) is 1. The number of nitrogens with one attached hydrogen (secondary N) is 1. The van der Waals surface area contributed by atoms with E-state index in [4.69, 9.17) is 23.2 Å². The van der Waals surface area contributed by atoms with Crippen LogP contribution in [0.25, 0.3) is 0 Å². The van der Waals surface area contributed by atoms with Crippen LogP contribution in [0.1, 0.15) is 44.7 Å². The molecule has 0 aliphatic carbocycles. The molecule has 35 heavy (non-hydrogen) atoms. The maximum Gasteiger partial charge on any atom is 0.242 e. The summed E-state index contributed by atoms with van der Waals surface area (Å²) in [5.41, 5.74) is 1.94. The number of para-hydroxylation sites is 1. The molecule has 7 nitrogen and oxygen atoms in total. The average molecular weight is 543 g/mol. The van der Waals surface area contributed by atoms with Crippen LogP contribution in [0, 0.1) is 6.92 Å². The van der Waals surface area contributed by atoms with Gasteiger partial charge in [-0.05, 0) is 57.9 Å². The van der Waals surface area contributed by atoms with Gasteiger partial charge in [0.25, 0.3) is 0 Å². The molecule has 0 aliphatic heterocycles. The minimum absolute atomic E-state index is 0.0409. The van der Waals surface area contributed by atoms with Crippen LogP contribution in [0.4, 0.5) is 5.69 Å². The molecule has 10 heteroatoms. The number of sulfonamides is 1. The number of benzene rings is 2. The van der Waals surface area contributed by atoms with Crippen molar-refractivity contribution < 1.29 is 18.0 Å². The molecule has 0 radical (unpaired) electrons. The lowest BCUT2D eigenvalue weighted by molar-refractivity contribution is -0.140. The van der Waals surface area contributed by atoms with Crippen molar-refractivity contribution in [3.8, 4) is 0 Å². The van der Waals surface area contributed by atoms with Crippen molar-refractivity contribution in [1.29, 1.82) is 0 Å². The standard InChI is InChI=1S/C25H33Cl2N3O4S/c1-17(2)28-25(32)19(4)29(16-20-21(26)11-8-12-22(20)27)24(31)14-9-15-30(35(5,33)34)23-13-7-6-10-18(23)3/h6-8,10-13,17,19H,9,14-16H2,1-5H3,(H,28,32)/t19-/m1/s1. The minimum Gasteiger partial charge on any atom is -0.352 e. The number of carbonyl (C=O) groups is 2. The van der Waals surface area contributed by atoms with Gasteiger partial charge in [0.05, 0.1) is 11.9 Å². The first-order valence-electron chi connectivity index (χ1n) is 11.4. The van der Waals surface area contributed by atoms with Crippen LogP contribution in [0.2, 0.25) is 10.0 Å². The maximum absolute atomic E-state index is 13.3. The smallest absolute Gasteiger partial charge is 0.242 e. The Bertz CT molecular complexity index is 1130. The van der Waals surface area contributed by atoms with Gasteiger partial charge in [-0.15, -0.1) is 0 Å². The van der Waals surface area contributed by atoms with E-state index in [-0.39, 0.29) is 43.8 Å². The van der Waals surface area contributed by atoms with E-state index in [1.54, 1.807) is 37.3 Å². The SMILES string of the molecule is Cc1ccccc1N(CCCC(=O)N(Cc1c(Cl)cccc1Cl)[C@H](C)C(=O)NC(C)C)S(C)(=O)=O. The summed E-state index contributed by atoms with van der Waals surface area (Å²) < 4.78 is 26.2. The Morgan fingerprint density at radius 2 is 1.60 bits per heavy atom. The Kier molecular flexibility index (Phi) is 10.4. The first kappa shape index (κ1) is 28.9. The van der Waals surface area contributed by atoms with E-state index in [0.717, 1.165) is 11.8 Å². The molecular weight excluding hydrogens is 509 g/mol. The Balaban J connectivity index is 2.24. The Morgan fingerprint density at radius 3 is 2.14 bits per heavy atom. The van der Waals surface area contributed by atoms with Gasteiger partial charge in [-0.2, -0.15) is 0 Å². The fourth-order valence-electron chi connectivity index (χ4n) is 3.67. The molecule has 0 bridgehead atoms. The van der Waals surface area contributed by atoms with Crippen LogP contribution in [-0.2, 0) is 26.2 Å². The summed E-state index contributed by atoms with van der Waals surface area (Å²) in [7, 11) is -3.55. The lowest BCUT2D eigenvalue weighted by Crippen LogP contribution is -2.49. The normalized spacial score (nSPS) is 12.3. The lowest BCUT2D eigenvalue weighted by Gasteiger charge is -2.30. The van der Waals surface area contributed by atoms with Crippen molar-refractivity contribution in [1.82, 2.24) is 10.2 Å². The third-order valence-corrected chi connectivity index (χ3v) is 7.41. The van der Waals surface area contributed by atoms with Gasteiger partial charge >= 0.3 is 0 Å². The van der Waals surface area contributed by atoms with E-state index in [9.17, 15) is 18.0 Å². The number of carbonyl (C=O) groups excluding carboxylic acids is 2. The second-order valence-electron chi connectivity index (χ2n) is 8.79. The average Bonchev–Trinajstić information content (AvgIpc) is 2.75. The molecule has 2 aromatic rings. The quantitative estimate of drug-likeness (QED) is 0.443. The highest BCUT2D eigenvalue weighted by atomic mass is 35.5. The molecule has 0 aliphatic rings. The van der Waals surface area contributed by atoms with E-state index in [1.165, 1.54) is 9.21 Å². The summed E-state index contributed by atoms with van der Waals surface area (Å²) in [5, 5.41) is 3.62. The van der Waals surface area contributed by atoms with Crippen LogP contribution >= 0.6 is 23.2 Å². The maximum atomic E-state index is 13.3. The molecule has 2 amide bonds. The van der Waals surface area contributed by atoms with Crippen molar-refractivity contribution in [2.45, 2.75) is 59.2 Å². The predicted octanol–water partition coefficient (Wildman–Crippen LogP) is 4.79. The van der Waals surface area contributed by atoms with Gasteiger partial charge < -0.3 is 10.2 Å². The first-order chi connectivity index (χ1) is 16.3. The highest BCUT2D eigenvalue weighted by Crippen LogP contribution is 2.27. The third-order valence-electron chi connectivity index (χ3n) is 5.52. The zero-order valence-corrected chi connectivity index (χ0v) is 23.0. The van der Waals surface area contributed by atoms with Crippen LogP contribution in [-0.4, -0.2) is 50.0 Å². The largest absolute Gasteiger partial charge is 0.352 e. The van der Waals surface area contributed by atoms with E-state index < -0.39 is 16.1 Å². The van der Waals surface area contributed by atoms with Crippen LogP contribution < -0.4 is 9.62 Å². The molecule has 0 heterocycles. The molecule has 0 spiro atoms. The van der Waals surface area contributed by atoms with Gasteiger partial charge in [0.15, 0.2) is 0 Å². The fraction of sp³-hybridized carbons (Fsp3) is 0.440. The van der Waals surface area contributed by atoms with Gasteiger partial charge in [0, 0.05) is 41.2 Å². The monoisotopic (exact) mass is 541 g/mol. The highest BCUT2D eigenvalue weighted by Gasteiger charge is 2.28. The molecule has 1 atom stereocenters. The van der Waals surface area contributed by atoms with Crippen molar-refractivity contribution in [2.24, 2.45) is 0 Å². The highest BCUT2D eigenvalue weighted by molar-refractivity contribution is 7.92. The molecular formula is C25H33Cl2N3O4S. The number of halogens is 2. The Hall–Kier alpha value is -2.29. The zero-order chi connectivity index (χ0) is 26.3. The van der Waals surface area contributed by atoms with Crippen LogP contribution in [0.3, 0.4) is 0 Å². The van der Waals surface area contributed by atoms with Gasteiger partial charge in [-0.1, -0.05) is 47.5 Å². The molecule has 2 aromatic carbocycles. The van der Waals surface area contributed by atoms with Crippen molar-refractivity contribution in [2.75, 3.05) is 17.1 Å². The number of nitrogens with zero attached hydrogens (tertiary/aromatic N) is 2. The number of rotatable bonds is 11. The molecule has 2 rings (SSSR count). The molecule has 192 valence electrons. The van der Waals surface area contributed by atoms with Gasteiger partial charge in [0.2, 0.25) is 21.8 Å². The zero-order valence-electron chi connectivity index (χ0n) is 20.7.